The smallest absolute Gasteiger partial charge is 0.172 e. The molecule has 0 saturated carbocycles. The molecule has 0 aromatic rings. The monoisotopic (exact) mass is 743 g/mol. The molecule has 0 amide bonds. The molecular formula is C41H61NO11. The van der Waals surface area contributed by atoms with Gasteiger partial charge < -0.3 is 53.1 Å². The van der Waals surface area contributed by atoms with Gasteiger partial charge in [0.25, 0.3) is 0 Å². The van der Waals surface area contributed by atoms with E-state index in [0.717, 1.165) is 56.1 Å². The second kappa shape index (κ2) is 14.9. The molecule has 10 fully saturated rings. The number of Topliss-reactive ketones (excluding diaryl/α,β-unsaturated/α-hetero) is 1. The first-order chi connectivity index (χ1) is 25.6. The van der Waals surface area contributed by atoms with E-state index in [-0.39, 0.29) is 109 Å². The number of ether oxygens (including phenoxy) is 10. The lowest BCUT2D eigenvalue weighted by molar-refractivity contribution is -0.292. The van der Waals surface area contributed by atoms with Gasteiger partial charge in [0, 0.05) is 65.2 Å². The van der Waals surface area contributed by atoms with Crippen LogP contribution in [0, 0.1) is 11.8 Å². The molecule has 12 heteroatoms. The van der Waals surface area contributed by atoms with E-state index in [1.54, 1.807) is 14.2 Å². The molecule has 53 heavy (non-hydrogen) atoms. The topological polar surface area (TPSA) is 135 Å². The van der Waals surface area contributed by atoms with E-state index in [4.69, 9.17) is 53.1 Å². The summed E-state index contributed by atoms with van der Waals surface area (Å²) >= 11 is 0. The van der Waals surface area contributed by atoms with Crippen molar-refractivity contribution in [3.8, 4) is 0 Å². The SMILES string of the molecule is C=C1C[C@@H]2CC[C@@]34C[C@H]5O[C@H]6[C@@H](O3)[C@H]3O[C@H](CC[C@@H]3O[C@H]6[C@H]5O4)CC(=O)C[C@@H]3[C@@H](OC)[C@@H](C[C@@H](CN)OC)O[C@H]3C[C@H]3O[C@@H](CC[C@@H]1O2)C[C@@H](C)C3=C. The van der Waals surface area contributed by atoms with Crippen LogP contribution in [-0.4, -0.2) is 130 Å². The van der Waals surface area contributed by atoms with E-state index in [1.165, 1.54) is 0 Å². The van der Waals surface area contributed by atoms with Crippen LogP contribution in [0.5, 0.6) is 0 Å². The van der Waals surface area contributed by atoms with Gasteiger partial charge in [-0.15, -0.1) is 0 Å². The highest BCUT2D eigenvalue weighted by Gasteiger charge is 2.68. The van der Waals surface area contributed by atoms with Crippen molar-refractivity contribution in [3.63, 3.8) is 0 Å². The Hall–Kier alpha value is -1.29. The summed E-state index contributed by atoms with van der Waals surface area (Å²) in [5, 5.41) is 0. The maximum atomic E-state index is 14.1. The summed E-state index contributed by atoms with van der Waals surface area (Å²) < 4.78 is 66.1. The molecule has 10 rings (SSSR count). The molecule has 0 aromatic heterocycles. The van der Waals surface area contributed by atoms with Crippen molar-refractivity contribution in [2.75, 3.05) is 20.8 Å². The van der Waals surface area contributed by atoms with Gasteiger partial charge in [0.1, 0.15) is 36.3 Å². The number of hydrogen-bond donors (Lipinski definition) is 1. The highest BCUT2D eigenvalue weighted by molar-refractivity contribution is 5.79. The van der Waals surface area contributed by atoms with Gasteiger partial charge in [-0.1, -0.05) is 20.1 Å². The highest BCUT2D eigenvalue weighted by Crippen LogP contribution is 2.54. The normalized spacial score (nSPS) is 51.6. The number of fused-ring (bicyclic) bond motifs is 6. The van der Waals surface area contributed by atoms with Crippen LogP contribution in [0.4, 0.5) is 0 Å². The molecule has 296 valence electrons. The van der Waals surface area contributed by atoms with Crippen molar-refractivity contribution < 1.29 is 52.2 Å². The average molecular weight is 744 g/mol. The molecule has 10 saturated heterocycles. The fraction of sp³-hybridized carbons (Fsp3) is 0.878. The van der Waals surface area contributed by atoms with Gasteiger partial charge >= 0.3 is 0 Å². The molecule has 0 aliphatic carbocycles. The first-order valence-corrected chi connectivity index (χ1v) is 20.6. The number of carbonyl (C=O) groups excluding carboxylic acids is 1. The van der Waals surface area contributed by atoms with Crippen LogP contribution in [0.3, 0.4) is 0 Å². The lowest BCUT2D eigenvalue weighted by Crippen LogP contribution is -2.61. The number of rotatable bonds is 5. The van der Waals surface area contributed by atoms with Crippen LogP contribution in [-0.2, 0) is 52.2 Å². The second-order valence-electron chi connectivity index (χ2n) is 17.6. The minimum atomic E-state index is -0.772. The van der Waals surface area contributed by atoms with Crippen molar-refractivity contribution in [2.24, 2.45) is 17.6 Å². The average Bonchev–Trinajstić information content (AvgIpc) is 3.82. The number of ketones is 1. The largest absolute Gasteiger partial charge is 0.380 e. The molecule has 2 N–H and O–H groups in total. The molecule has 0 radical (unpaired) electrons. The first-order valence-electron chi connectivity index (χ1n) is 20.6. The van der Waals surface area contributed by atoms with Crippen molar-refractivity contribution in [3.05, 3.63) is 24.3 Å². The lowest BCUT2D eigenvalue weighted by atomic mass is 9.81. The van der Waals surface area contributed by atoms with Crippen LogP contribution >= 0.6 is 0 Å². The Morgan fingerprint density at radius 2 is 1.53 bits per heavy atom. The van der Waals surface area contributed by atoms with Crippen molar-refractivity contribution >= 4 is 5.78 Å². The zero-order valence-electron chi connectivity index (χ0n) is 31.8. The van der Waals surface area contributed by atoms with Gasteiger partial charge in [0.15, 0.2) is 5.79 Å². The summed E-state index contributed by atoms with van der Waals surface area (Å²) in [5.41, 5.74) is 8.29. The van der Waals surface area contributed by atoms with Crippen LogP contribution in [0.15, 0.2) is 24.3 Å². The van der Waals surface area contributed by atoms with Gasteiger partial charge in [-0.3, -0.25) is 4.79 Å². The Labute approximate surface area is 314 Å². The molecule has 12 bridgehead atoms. The molecule has 19 atom stereocenters. The highest BCUT2D eigenvalue weighted by atomic mass is 16.8. The fourth-order valence-corrected chi connectivity index (χ4v) is 11.5. The minimum Gasteiger partial charge on any atom is -0.380 e. The summed E-state index contributed by atoms with van der Waals surface area (Å²) in [5.74, 6) is -0.501. The Morgan fingerprint density at radius 1 is 0.774 bits per heavy atom. The summed E-state index contributed by atoms with van der Waals surface area (Å²) in [6.45, 7) is 11.6. The van der Waals surface area contributed by atoms with Gasteiger partial charge in [0.05, 0.1) is 67.1 Å². The van der Waals surface area contributed by atoms with Crippen molar-refractivity contribution in [1.82, 2.24) is 0 Å². The molecule has 0 unspecified atom stereocenters. The third-order valence-corrected chi connectivity index (χ3v) is 14.3. The predicted molar refractivity (Wildman–Crippen MR) is 191 cm³/mol. The molecule has 10 heterocycles. The molecule has 10 aliphatic heterocycles. The van der Waals surface area contributed by atoms with Gasteiger partial charge in [-0.2, -0.15) is 0 Å². The summed E-state index contributed by atoms with van der Waals surface area (Å²) in [6, 6.07) is 0. The first kappa shape index (κ1) is 37.3. The molecule has 1 spiro atoms. The van der Waals surface area contributed by atoms with Crippen molar-refractivity contribution in [2.45, 2.75) is 194 Å². The van der Waals surface area contributed by atoms with Crippen LogP contribution < -0.4 is 5.73 Å². The maximum Gasteiger partial charge on any atom is 0.172 e. The third-order valence-electron chi connectivity index (χ3n) is 14.3. The second-order valence-corrected chi connectivity index (χ2v) is 17.6. The van der Waals surface area contributed by atoms with E-state index in [1.807, 2.05) is 0 Å². The van der Waals surface area contributed by atoms with E-state index in [0.29, 0.717) is 51.0 Å². The van der Waals surface area contributed by atoms with Crippen molar-refractivity contribution in [1.29, 1.82) is 0 Å². The number of nitrogens with two attached hydrogens (primary N) is 1. The van der Waals surface area contributed by atoms with E-state index >= 15 is 0 Å². The predicted octanol–water partition coefficient (Wildman–Crippen LogP) is 4.09. The lowest BCUT2D eigenvalue weighted by Gasteiger charge is -2.47. The summed E-state index contributed by atoms with van der Waals surface area (Å²) in [7, 11) is 3.38. The Balaban J connectivity index is 0.993. The number of hydrogen-bond acceptors (Lipinski definition) is 12. The Morgan fingerprint density at radius 3 is 2.34 bits per heavy atom. The Kier molecular flexibility index (Phi) is 10.5. The fourth-order valence-electron chi connectivity index (χ4n) is 11.5. The standard InChI is InChI=1S/C41H61NO11/c1-20-12-24-6-8-29-21(2)13-26(46-29)10-11-41-18-34-37(52-41)38-39(51-34)40(53-41)36-30(50-38)9-7-25(48-36)14-23(43)15-28-32(17-31(47-24)22(20)3)49-33(35(28)45-5)16-27(19-42)44-4/h20,24-40H,2-3,6-19,42H2,1,4-5H3/t20-,24+,25-,26+,27+,28+,29+,30+,31-,32+,33-,34-,35-,36+,37+,38+,39-,40+,41+/m1/s1. The molecule has 0 aromatic carbocycles. The zero-order valence-corrected chi connectivity index (χ0v) is 31.8. The molecule has 10 aliphatic rings. The van der Waals surface area contributed by atoms with Gasteiger partial charge in [0.2, 0.25) is 0 Å². The maximum absolute atomic E-state index is 14.1. The van der Waals surface area contributed by atoms with E-state index < -0.39 is 5.79 Å². The molecule has 12 nitrogen and oxygen atoms in total. The summed E-state index contributed by atoms with van der Waals surface area (Å²) in [4.78, 5) is 14.1. The van der Waals surface area contributed by atoms with Crippen LogP contribution in [0.25, 0.3) is 0 Å². The number of methoxy groups -OCH3 is 2. The van der Waals surface area contributed by atoms with Gasteiger partial charge in [-0.05, 0) is 62.0 Å². The van der Waals surface area contributed by atoms with E-state index in [2.05, 4.69) is 20.1 Å². The third kappa shape index (κ3) is 6.94. The quantitative estimate of drug-likeness (QED) is 0.407. The van der Waals surface area contributed by atoms with E-state index in [9.17, 15) is 4.79 Å². The molecular weight excluding hydrogens is 682 g/mol. The van der Waals surface area contributed by atoms with Gasteiger partial charge in [-0.25, -0.2) is 0 Å². The summed E-state index contributed by atoms with van der Waals surface area (Å²) in [6.07, 6.45) is 6.30. The number of carbonyl (C=O) groups is 1. The zero-order chi connectivity index (χ0) is 36.6. The van der Waals surface area contributed by atoms with Crippen LogP contribution in [0.1, 0.15) is 90.4 Å². The minimum absolute atomic E-state index is 0.00437. The Bertz CT molecular complexity index is 1390. The van der Waals surface area contributed by atoms with Crippen LogP contribution in [0.2, 0.25) is 0 Å².